The van der Waals surface area contributed by atoms with E-state index < -0.39 is 0 Å². The second-order valence-electron chi connectivity index (χ2n) is 6.52. The Kier molecular flexibility index (Phi) is 5.05. The van der Waals surface area contributed by atoms with E-state index in [4.69, 9.17) is 5.73 Å². The van der Waals surface area contributed by atoms with Crippen LogP contribution in [0.15, 0.2) is 0 Å². The van der Waals surface area contributed by atoms with Crippen LogP contribution in [0.2, 0.25) is 0 Å². The number of nitrogens with zero attached hydrogens (tertiary/aromatic N) is 2. The molecule has 1 unspecified atom stereocenters. The highest BCUT2D eigenvalue weighted by atomic mass is 15.3. The lowest BCUT2D eigenvalue weighted by atomic mass is 9.80. The summed E-state index contributed by atoms with van der Waals surface area (Å²) in [6, 6.07) is 0.749. The summed E-state index contributed by atoms with van der Waals surface area (Å²) >= 11 is 0. The summed E-state index contributed by atoms with van der Waals surface area (Å²) in [6.45, 7) is 7.19. The van der Waals surface area contributed by atoms with E-state index in [1.807, 2.05) is 0 Å². The van der Waals surface area contributed by atoms with Gasteiger partial charge in [-0.3, -0.25) is 0 Å². The second-order valence-corrected chi connectivity index (χ2v) is 6.52. The molecule has 1 saturated carbocycles. The van der Waals surface area contributed by atoms with Gasteiger partial charge < -0.3 is 15.5 Å². The van der Waals surface area contributed by atoms with Gasteiger partial charge in [0.2, 0.25) is 0 Å². The molecule has 2 aliphatic rings. The maximum absolute atomic E-state index is 6.53. The minimum absolute atomic E-state index is 0.156. The summed E-state index contributed by atoms with van der Waals surface area (Å²) in [5.41, 5.74) is 6.69. The fourth-order valence-electron chi connectivity index (χ4n) is 3.54. The number of rotatable bonds is 4. The molecule has 1 aliphatic heterocycles. The number of nitrogens with two attached hydrogens (primary N) is 1. The van der Waals surface area contributed by atoms with Gasteiger partial charge in [-0.1, -0.05) is 26.2 Å². The molecule has 0 spiro atoms. The van der Waals surface area contributed by atoms with E-state index in [1.165, 1.54) is 71.1 Å². The predicted octanol–water partition coefficient (Wildman–Crippen LogP) is 2.06. The maximum Gasteiger partial charge on any atom is 0.0218 e. The fraction of sp³-hybridized carbons (Fsp3) is 1.00. The van der Waals surface area contributed by atoms with E-state index in [-0.39, 0.29) is 5.54 Å². The first-order valence-corrected chi connectivity index (χ1v) is 7.84. The lowest BCUT2D eigenvalue weighted by Gasteiger charge is -2.41. The first-order chi connectivity index (χ1) is 8.63. The Morgan fingerprint density at radius 3 is 2.56 bits per heavy atom. The monoisotopic (exact) mass is 253 g/mol. The lowest BCUT2D eigenvalue weighted by molar-refractivity contribution is 0.0843. The van der Waals surface area contributed by atoms with Crippen LogP contribution in [0.3, 0.4) is 0 Å². The molecule has 1 aliphatic carbocycles. The van der Waals surface area contributed by atoms with Crippen molar-refractivity contribution in [2.24, 2.45) is 5.73 Å². The van der Waals surface area contributed by atoms with Crippen LogP contribution in [0.4, 0.5) is 0 Å². The van der Waals surface area contributed by atoms with E-state index in [1.54, 1.807) is 0 Å². The van der Waals surface area contributed by atoms with Gasteiger partial charge >= 0.3 is 0 Å². The van der Waals surface area contributed by atoms with Gasteiger partial charge in [0, 0.05) is 31.2 Å². The third-order valence-electron chi connectivity index (χ3n) is 5.11. The molecule has 0 amide bonds. The van der Waals surface area contributed by atoms with E-state index >= 15 is 0 Å². The lowest BCUT2D eigenvalue weighted by Crippen LogP contribution is -2.53. The zero-order chi connectivity index (χ0) is 13.0. The highest BCUT2D eigenvalue weighted by molar-refractivity contribution is 4.89. The fourth-order valence-corrected chi connectivity index (χ4v) is 3.54. The third kappa shape index (κ3) is 3.69. The largest absolute Gasteiger partial charge is 0.325 e. The molecular weight excluding hydrogens is 222 g/mol. The summed E-state index contributed by atoms with van der Waals surface area (Å²) < 4.78 is 0. The summed E-state index contributed by atoms with van der Waals surface area (Å²) in [4.78, 5) is 5.15. The average Bonchev–Trinajstić information content (AvgIpc) is 2.39. The Labute approximate surface area is 113 Å². The van der Waals surface area contributed by atoms with Crippen LogP contribution >= 0.6 is 0 Å². The van der Waals surface area contributed by atoms with Gasteiger partial charge in [0.1, 0.15) is 0 Å². The van der Waals surface area contributed by atoms with E-state index in [0.717, 1.165) is 6.04 Å². The van der Waals surface area contributed by atoms with Gasteiger partial charge in [-0.25, -0.2) is 0 Å². The summed E-state index contributed by atoms with van der Waals surface area (Å²) in [5.74, 6) is 0. The van der Waals surface area contributed by atoms with Crippen LogP contribution in [0.5, 0.6) is 0 Å². The highest BCUT2D eigenvalue weighted by Crippen LogP contribution is 2.29. The molecule has 2 fully saturated rings. The van der Waals surface area contributed by atoms with Crippen molar-refractivity contribution in [2.75, 3.05) is 33.2 Å². The summed E-state index contributed by atoms with van der Waals surface area (Å²) in [7, 11) is 2.26. The van der Waals surface area contributed by atoms with Crippen molar-refractivity contribution >= 4 is 0 Å². The molecule has 3 heteroatoms. The van der Waals surface area contributed by atoms with Gasteiger partial charge in [0.15, 0.2) is 0 Å². The molecule has 1 saturated heterocycles. The van der Waals surface area contributed by atoms with Crippen LogP contribution < -0.4 is 5.73 Å². The molecule has 1 heterocycles. The molecule has 0 radical (unpaired) electrons. The molecule has 3 nitrogen and oxygen atoms in total. The zero-order valence-corrected chi connectivity index (χ0v) is 12.3. The van der Waals surface area contributed by atoms with Crippen LogP contribution in [-0.2, 0) is 0 Å². The minimum atomic E-state index is 0.156. The van der Waals surface area contributed by atoms with Crippen LogP contribution in [0, 0.1) is 0 Å². The molecule has 2 rings (SSSR count). The molecule has 1 atom stereocenters. The minimum Gasteiger partial charge on any atom is -0.325 e. The number of piperazine rings is 1. The number of hydrogen-bond acceptors (Lipinski definition) is 3. The van der Waals surface area contributed by atoms with Crippen molar-refractivity contribution in [1.82, 2.24) is 9.80 Å². The Hall–Kier alpha value is -0.120. The van der Waals surface area contributed by atoms with Gasteiger partial charge in [0.25, 0.3) is 0 Å². The molecule has 0 bridgehead atoms. The summed E-state index contributed by atoms with van der Waals surface area (Å²) in [6.07, 6.45) is 9.04. The smallest absolute Gasteiger partial charge is 0.0218 e. The SMILES string of the molecule is CCC1CN(CCC2(N)CCCCC2)CCN1C. The van der Waals surface area contributed by atoms with Gasteiger partial charge in [0.05, 0.1) is 0 Å². The van der Waals surface area contributed by atoms with E-state index in [2.05, 4.69) is 23.8 Å². The average molecular weight is 253 g/mol. The molecular formula is C15H31N3. The van der Waals surface area contributed by atoms with Crippen molar-refractivity contribution < 1.29 is 0 Å². The first-order valence-electron chi connectivity index (χ1n) is 7.84. The van der Waals surface area contributed by atoms with Gasteiger partial charge in [-0.2, -0.15) is 0 Å². The van der Waals surface area contributed by atoms with E-state index in [9.17, 15) is 0 Å². The quantitative estimate of drug-likeness (QED) is 0.832. The molecule has 2 N–H and O–H groups in total. The molecule has 106 valence electrons. The Morgan fingerprint density at radius 1 is 1.17 bits per heavy atom. The third-order valence-corrected chi connectivity index (χ3v) is 5.11. The number of hydrogen-bond donors (Lipinski definition) is 1. The van der Waals surface area contributed by atoms with Crippen molar-refractivity contribution in [3.8, 4) is 0 Å². The van der Waals surface area contributed by atoms with Crippen LogP contribution in [0.1, 0.15) is 51.9 Å². The first kappa shape index (κ1) is 14.3. The highest BCUT2D eigenvalue weighted by Gasteiger charge is 2.29. The van der Waals surface area contributed by atoms with Gasteiger partial charge in [-0.05, 0) is 39.3 Å². The van der Waals surface area contributed by atoms with Crippen molar-refractivity contribution in [1.29, 1.82) is 0 Å². The summed E-state index contributed by atoms with van der Waals surface area (Å²) in [5, 5.41) is 0. The molecule has 0 aromatic rings. The maximum atomic E-state index is 6.53. The van der Waals surface area contributed by atoms with Crippen LogP contribution in [-0.4, -0.2) is 54.6 Å². The zero-order valence-electron chi connectivity index (χ0n) is 12.3. The van der Waals surface area contributed by atoms with Crippen molar-refractivity contribution in [2.45, 2.75) is 63.5 Å². The molecule has 18 heavy (non-hydrogen) atoms. The van der Waals surface area contributed by atoms with Gasteiger partial charge in [-0.15, -0.1) is 0 Å². The Bertz CT molecular complexity index is 248. The normalized spacial score (nSPS) is 30.5. The standard InChI is InChI=1S/C15H31N3/c1-3-14-13-18(12-11-17(14)2)10-9-15(16)7-5-4-6-8-15/h14H,3-13,16H2,1-2H3. The Balaban J connectivity index is 1.76. The topological polar surface area (TPSA) is 32.5 Å². The van der Waals surface area contributed by atoms with Crippen molar-refractivity contribution in [3.63, 3.8) is 0 Å². The molecule has 0 aromatic carbocycles. The van der Waals surface area contributed by atoms with Crippen LogP contribution in [0.25, 0.3) is 0 Å². The number of likely N-dealkylation sites (N-methyl/N-ethyl adjacent to an activating group) is 1. The predicted molar refractivity (Wildman–Crippen MR) is 77.8 cm³/mol. The second kappa shape index (κ2) is 6.36. The Morgan fingerprint density at radius 2 is 1.89 bits per heavy atom. The van der Waals surface area contributed by atoms with Crippen molar-refractivity contribution in [3.05, 3.63) is 0 Å². The van der Waals surface area contributed by atoms with E-state index in [0.29, 0.717) is 0 Å². The molecule has 0 aromatic heterocycles.